The van der Waals surface area contributed by atoms with E-state index in [1.54, 1.807) is 18.5 Å². The van der Waals surface area contributed by atoms with Crippen LogP contribution in [0.1, 0.15) is 0 Å². The maximum Gasteiger partial charge on any atom is 0.261 e. The highest BCUT2D eigenvalue weighted by Crippen LogP contribution is 2.26. The Morgan fingerprint density at radius 2 is 1.78 bits per heavy atom. The first-order chi connectivity index (χ1) is 8.48. The molecule has 0 fully saturated rings. The highest BCUT2D eigenvalue weighted by molar-refractivity contribution is 8.13. The van der Waals surface area contributed by atoms with Crippen molar-refractivity contribution in [3.05, 3.63) is 48.8 Å². The van der Waals surface area contributed by atoms with Crippen LogP contribution in [0.5, 0.6) is 0 Å². The molecule has 0 bridgehead atoms. The Hall–Kier alpha value is -1.59. The van der Waals surface area contributed by atoms with Gasteiger partial charge in [-0.15, -0.1) is 0 Å². The Morgan fingerprint density at radius 1 is 1.11 bits per heavy atom. The molecule has 94 valence electrons. The number of nitrogens with zero attached hydrogens (tertiary/aromatic N) is 2. The highest BCUT2D eigenvalue weighted by Gasteiger charge is 2.12. The topological polar surface area (TPSA) is 50.3 Å². The Bertz CT molecular complexity index is 644. The van der Waals surface area contributed by atoms with E-state index in [0.29, 0.717) is 0 Å². The van der Waals surface area contributed by atoms with Crippen molar-refractivity contribution in [1.29, 1.82) is 0 Å². The van der Waals surface area contributed by atoms with Crippen molar-refractivity contribution >= 4 is 31.1 Å². The van der Waals surface area contributed by atoms with E-state index in [0.717, 1.165) is 11.4 Å². The van der Waals surface area contributed by atoms with Gasteiger partial charge in [0.05, 0.1) is 4.90 Å². The fourth-order valence-electron chi connectivity index (χ4n) is 1.56. The molecule has 18 heavy (non-hydrogen) atoms. The van der Waals surface area contributed by atoms with Gasteiger partial charge in [-0.2, -0.15) is 0 Å². The predicted molar refractivity (Wildman–Crippen MR) is 71.8 cm³/mol. The van der Waals surface area contributed by atoms with E-state index < -0.39 is 9.05 Å². The van der Waals surface area contributed by atoms with Crippen molar-refractivity contribution in [2.75, 3.05) is 11.9 Å². The molecule has 0 spiro atoms. The molecular weight excluding hydrogens is 272 g/mol. The molecule has 0 N–H and O–H groups in total. The standard InChI is InChI=1S/C12H11ClN2O2S/c1-15(10-5-7-14-8-6-10)11-3-2-4-12(9-11)18(13,16)17/h2-9H,1H3. The quantitative estimate of drug-likeness (QED) is 0.812. The van der Waals surface area contributed by atoms with E-state index in [-0.39, 0.29) is 4.90 Å². The number of rotatable bonds is 3. The fourth-order valence-corrected chi connectivity index (χ4v) is 2.35. The molecule has 0 aliphatic heterocycles. The van der Waals surface area contributed by atoms with E-state index >= 15 is 0 Å². The molecule has 0 aliphatic carbocycles. The summed E-state index contributed by atoms with van der Waals surface area (Å²) in [6.07, 6.45) is 3.35. The zero-order chi connectivity index (χ0) is 13.2. The van der Waals surface area contributed by atoms with Crippen molar-refractivity contribution in [2.24, 2.45) is 0 Å². The van der Waals surface area contributed by atoms with Crippen molar-refractivity contribution in [3.63, 3.8) is 0 Å². The molecule has 0 atom stereocenters. The van der Waals surface area contributed by atoms with Gasteiger partial charge in [-0.3, -0.25) is 4.98 Å². The maximum atomic E-state index is 11.3. The molecule has 1 aromatic carbocycles. The minimum absolute atomic E-state index is 0.0857. The van der Waals surface area contributed by atoms with Crippen molar-refractivity contribution in [2.45, 2.75) is 4.90 Å². The molecule has 0 saturated carbocycles. The third-order valence-corrected chi connectivity index (χ3v) is 3.89. The summed E-state index contributed by atoms with van der Waals surface area (Å²) in [4.78, 5) is 5.87. The second kappa shape index (κ2) is 4.96. The SMILES string of the molecule is CN(c1ccncc1)c1cccc(S(=O)(=O)Cl)c1. The van der Waals surface area contributed by atoms with Gasteiger partial charge in [0.1, 0.15) is 0 Å². The van der Waals surface area contributed by atoms with Crippen molar-refractivity contribution < 1.29 is 8.42 Å². The third-order valence-electron chi connectivity index (χ3n) is 2.54. The van der Waals surface area contributed by atoms with Crippen LogP contribution in [-0.2, 0) is 9.05 Å². The lowest BCUT2D eigenvalue weighted by molar-refractivity contribution is 0.609. The minimum Gasteiger partial charge on any atom is -0.344 e. The Balaban J connectivity index is 2.41. The zero-order valence-electron chi connectivity index (χ0n) is 9.62. The third kappa shape index (κ3) is 2.80. The smallest absolute Gasteiger partial charge is 0.261 e. The lowest BCUT2D eigenvalue weighted by Crippen LogP contribution is -2.09. The summed E-state index contributed by atoms with van der Waals surface area (Å²) in [6, 6.07) is 10.1. The van der Waals surface area contributed by atoms with Crippen LogP contribution in [0.4, 0.5) is 11.4 Å². The van der Waals surface area contributed by atoms with Crippen molar-refractivity contribution in [1.82, 2.24) is 4.98 Å². The van der Waals surface area contributed by atoms with E-state index in [2.05, 4.69) is 4.98 Å². The molecule has 0 radical (unpaired) electrons. The Labute approximate surface area is 110 Å². The Morgan fingerprint density at radius 3 is 2.39 bits per heavy atom. The number of anilines is 2. The predicted octanol–water partition coefficient (Wildman–Crippen LogP) is 2.78. The first kappa shape index (κ1) is 12.9. The molecule has 6 heteroatoms. The van der Waals surface area contributed by atoms with Crippen LogP contribution in [0.3, 0.4) is 0 Å². The van der Waals surface area contributed by atoms with Crippen molar-refractivity contribution in [3.8, 4) is 0 Å². The number of hydrogen-bond acceptors (Lipinski definition) is 4. The number of halogens is 1. The summed E-state index contributed by atoms with van der Waals surface area (Å²) >= 11 is 0. The summed E-state index contributed by atoms with van der Waals surface area (Å²) in [5.74, 6) is 0. The molecule has 2 rings (SSSR count). The second-order valence-corrected chi connectivity index (χ2v) is 6.27. The van der Waals surface area contributed by atoms with E-state index in [4.69, 9.17) is 10.7 Å². The van der Waals surface area contributed by atoms with E-state index in [9.17, 15) is 8.42 Å². The first-order valence-electron chi connectivity index (χ1n) is 5.17. The number of hydrogen-bond donors (Lipinski definition) is 0. The maximum absolute atomic E-state index is 11.3. The van der Waals surface area contributed by atoms with Crippen LogP contribution >= 0.6 is 10.7 Å². The summed E-state index contributed by atoms with van der Waals surface area (Å²) < 4.78 is 22.6. The normalized spacial score (nSPS) is 11.2. The summed E-state index contributed by atoms with van der Waals surface area (Å²) in [7, 11) is 3.46. The molecule has 0 amide bonds. The second-order valence-electron chi connectivity index (χ2n) is 3.70. The van der Waals surface area contributed by atoms with Gasteiger partial charge in [0, 0.05) is 41.5 Å². The van der Waals surface area contributed by atoms with E-state index in [1.807, 2.05) is 30.1 Å². The average Bonchev–Trinajstić information content (AvgIpc) is 2.38. The van der Waals surface area contributed by atoms with Gasteiger partial charge in [-0.05, 0) is 30.3 Å². The van der Waals surface area contributed by atoms with Crippen LogP contribution in [-0.4, -0.2) is 20.4 Å². The molecule has 0 saturated heterocycles. The summed E-state index contributed by atoms with van der Waals surface area (Å²) in [6.45, 7) is 0. The number of benzene rings is 1. The molecule has 0 aliphatic rings. The van der Waals surface area contributed by atoms with Gasteiger partial charge in [-0.25, -0.2) is 8.42 Å². The summed E-state index contributed by atoms with van der Waals surface area (Å²) in [5.41, 5.74) is 1.65. The molecule has 1 aromatic heterocycles. The lowest BCUT2D eigenvalue weighted by Gasteiger charge is -2.19. The molecule has 2 aromatic rings. The minimum atomic E-state index is -3.71. The van der Waals surface area contributed by atoms with E-state index in [1.165, 1.54) is 12.1 Å². The van der Waals surface area contributed by atoms with Crippen LogP contribution in [0.25, 0.3) is 0 Å². The highest BCUT2D eigenvalue weighted by atomic mass is 35.7. The van der Waals surface area contributed by atoms with Crippen LogP contribution < -0.4 is 4.90 Å². The van der Waals surface area contributed by atoms with Gasteiger partial charge in [0.2, 0.25) is 0 Å². The molecule has 0 unspecified atom stereocenters. The average molecular weight is 283 g/mol. The van der Waals surface area contributed by atoms with Crippen LogP contribution in [0.2, 0.25) is 0 Å². The van der Waals surface area contributed by atoms with Gasteiger partial charge >= 0.3 is 0 Å². The molecule has 1 heterocycles. The van der Waals surface area contributed by atoms with Gasteiger partial charge in [0.25, 0.3) is 9.05 Å². The monoisotopic (exact) mass is 282 g/mol. The van der Waals surface area contributed by atoms with Crippen LogP contribution in [0, 0.1) is 0 Å². The fraction of sp³-hybridized carbons (Fsp3) is 0.0833. The Kier molecular flexibility index (Phi) is 3.54. The molecule has 4 nitrogen and oxygen atoms in total. The van der Waals surface area contributed by atoms with Crippen LogP contribution in [0.15, 0.2) is 53.7 Å². The molecular formula is C12H11ClN2O2S. The largest absolute Gasteiger partial charge is 0.344 e. The first-order valence-corrected chi connectivity index (χ1v) is 7.48. The number of pyridine rings is 1. The van der Waals surface area contributed by atoms with Gasteiger partial charge in [0.15, 0.2) is 0 Å². The lowest BCUT2D eigenvalue weighted by atomic mass is 10.2. The van der Waals surface area contributed by atoms with Gasteiger partial charge in [-0.1, -0.05) is 6.07 Å². The summed E-state index contributed by atoms with van der Waals surface area (Å²) in [5, 5.41) is 0. The number of aromatic nitrogens is 1. The van der Waals surface area contributed by atoms with Gasteiger partial charge < -0.3 is 4.90 Å². The zero-order valence-corrected chi connectivity index (χ0v) is 11.2.